The number of imidazole rings is 1. The number of hydrogen-bond donors (Lipinski definition) is 1. The van der Waals surface area contributed by atoms with Gasteiger partial charge < -0.3 is 9.72 Å². The minimum atomic E-state index is 0.147. The average molecular weight is 327 g/mol. The fourth-order valence-electron chi connectivity index (χ4n) is 3.17. The number of rotatable bonds is 5. The Balaban J connectivity index is 1.60. The highest BCUT2D eigenvalue weighted by atomic mass is 15.0. The van der Waals surface area contributed by atoms with Gasteiger partial charge in [-0.2, -0.15) is 0 Å². The molecule has 2 heterocycles. The Morgan fingerprint density at radius 3 is 2.12 bits per heavy atom. The van der Waals surface area contributed by atoms with E-state index in [0.29, 0.717) is 0 Å². The molecule has 124 valence electrons. The molecule has 0 unspecified atom stereocenters. The van der Waals surface area contributed by atoms with Crippen molar-refractivity contribution in [3.05, 3.63) is 108 Å². The van der Waals surface area contributed by atoms with Gasteiger partial charge in [-0.05, 0) is 29.7 Å². The molecule has 0 radical (unpaired) electrons. The lowest BCUT2D eigenvalue weighted by atomic mass is 9.99. The van der Waals surface area contributed by atoms with E-state index >= 15 is 0 Å². The number of aromatic nitrogens is 2. The van der Waals surface area contributed by atoms with Crippen LogP contribution in [0.4, 0.5) is 0 Å². The molecule has 0 atom stereocenters. The molecule has 0 amide bonds. The summed E-state index contributed by atoms with van der Waals surface area (Å²) in [7, 11) is 0. The zero-order valence-corrected chi connectivity index (χ0v) is 14.3. The van der Waals surface area contributed by atoms with Crippen molar-refractivity contribution >= 4 is 5.65 Å². The first-order chi connectivity index (χ1) is 12.3. The van der Waals surface area contributed by atoms with E-state index in [1.165, 1.54) is 16.7 Å². The van der Waals surface area contributed by atoms with Crippen LogP contribution >= 0.6 is 0 Å². The fraction of sp³-hybridized carbons (Fsp3) is 0.136. The van der Waals surface area contributed by atoms with E-state index in [-0.39, 0.29) is 6.04 Å². The Morgan fingerprint density at radius 2 is 1.48 bits per heavy atom. The molecule has 0 aliphatic carbocycles. The van der Waals surface area contributed by atoms with E-state index in [9.17, 15) is 0 Å². The van der Waals surface area contributed by atoms with E-state index in [1.54, 1.807) is 0 Å². The van der Waals surface area contributed by atoms with Crippen molar-refractivity contribution in [1.82, 2.24) is 14.7 Å². The van der Waals surface area contributed by atoms with Crippen molar-refractivity contribution in [3.63, 3.8) is 0 Å². The summed E-state index contributed by atoms with van der Waals surface area (Å²) >= 11 is 0. The average Bonchev–Trinajstić information content (AvgIpc) is 3.05. The fourth-order valence-corrected chi connectivity index (χ4v) is 3.17. The van der Waals surface area contributed by atoms with Gasteiger partial charge in [0, 0.05) is 18.9 Å². The summed E-state index contributed by atoms with van der Waals surface area (Å²) in [4.78, 5) is 4.71. The molecule has 0 aliphatic rings. The molecule has 3 heteroatoms. The van der Waals surface area contributed by atoms with Gasteiger partial charge in [0.2, 0.25) is 0 Å². The van der Waals surface area contributed by atoms with Gasteiger partial charge >= 0.3 is 0 Å². The second kappa shape index (κ2) is 6.91. The number of benzene rings is 2. The van der Waals surface area contributed by atoms with Gasteiger partial charge in [-0.15, -0.1) is 0 Å². The molecule has 2 aromatic carbocycles. The molecule has 0 fully saturated rings. The molecular formula is C22H21N3. The van der Waals surface area contributed by atoms with Crippen LogP contribution in [0.5, 0.6) is 0 Å². The second-order valence-corrected chi connectivity index (χ2v) is 6.34. The molecule has 3 nitrogen and oxygen atoms in total. The van der Waals surface area contributed by atoms with Gasteiger partial charge in [0.15, 0.2) is 0 Å². The standard InChI is InChI=1S/C22H21N3/c1-17-12-13-21-24-20(16-25(21)15-17)14-23-22(18-8-4-2-5-9-18)19-10-6-3-7-11-19/h2-13,15-16,22-23H,14H2,1H3. The molecule has 0 saturated carbocycles. The van der Waals surface area contributed by atoms with E-state index in [2.05, 4.69) is 102 Å². The summed E-state index contributed by atoms with van der Waals surface area (Å²) in [6.07, 6.45) is 4.21. The lowest BCUT2D eigenvalue weighted by molar-refractivity contribution is 0.598. The number of hydrogen-bond acceptors (Lipinski definition) is 2. The third kappa shape index (κ3) is 3.47. The molecular weight excluding hydrogens is 306 g/mol. The number of aryl methyl sites for hydroxylation is 1. The Morgan fingerprint density at radius 1 is 0.840 bits per heavy atom. The highest BCUT2D eigenvalue weighted by Gasteiger charge is 2.13. The summed E-state index contributed by atoms with van der Waals surface area (Å²) in [5.74, 6) is 0. The number of pyridine rings is 1. The van der Waals surface area contributed by atoms with Crippen LogP contribution in [-0.2, 0) is 6.54 Å². The van der Waals surface area contributed by atoms with Gasteiger partial charge in [-0.25, -0.2) is 4.98 Å². The summed E-state index contributed by atoms with van der Waals surface area (Å²) in [6.45, 7) is 2.81. The normalized spacial score (nSPS) is 11.3. The molecule has 0 spiro atoms. The Hall–Kier alpha value is -2.91. The maximum Gasteiger partial charge on any atom is 0.137 e. The first-order valence-corrected chi connectivity index (χ1v) is 8.57. The predicted octanol–water partition coefficient (Wildman–Crippen LogP) is 4.52. The quantitative estimate of drug-likeness (QED) is 0.584. The Labute approximate surface area is 148 Å². The SMILES string of the molecule is Cc1ccc2nc(CNC(c3ccccc3)c3ccccc3)cn2c1. The predicted molar refractivity (Wildman–Crippen MR) is 101 cm³/mol. The zero-order chi connectivity index (χ0) is 17.1. The van der Waals surface area contributed by atoms with Crippen molar-refractivity contribution in [2.24, 2.45) is 0 Å². The van der Waals surface area contributed by atoms with Crippen LogP contribution in [0.15, 0.2) is 85.2 Å². The Bertz CT molecular complexity index is 919. The molecule has 4 rings (SSSR count). The smallest absolute Gasteiger partial charge is 0.137 e. The van der Waals surface area contributed by atoms with Crippen molar-refractivity contribution in [2.75, 3.05) is 0 Å². The molecule has 0 aliphatic heterocycles. The largest absolute Gasteiger partial charge is 0.307 e. The van der Waals surface area contributed by atoms with Gasteiger partial charge in [-0.3, -0.25) is 0 Å². The van der Waals surface area contributed by atoms with Gasteiger partial charge in [0.05, 0.1) is 11.7 Å². The second-order valence-electron chi connectivity index (χ2n) is 6.34. The Kier molecular flexibility index (Phi) is 4.32. The first-order valence-electron chi connectivity index (χ1n) is 8.57. The van der Waals surface area contributed by atoms with Crippen LogP contribution < -0.4 is 5.32 Å². The minimum Gasteiger partial charge on any atom is -0.307 e. The topological polar surface area (TPSA) is 29.3 Å². The maximum atomic E-state index is 4.71. The summed E-state index contributed by atoms with van der Waals surface area (Å²) in [5.41, 5.74) is 5.78. The minimum absolute atomic E-state index is 0.147. The van der Waals surface area contributed by atoms with Crippen LogP contribution in [0.2, 0.25) is 0 Å². The van der Waals surface area contributed by atoms with Gasteiger partial charge in [0.25, 0.3) is 0 Å². The monoisotopic (exact) mass is 327 g/mol. The lowest BCUT2D eigenvalue weighted by Crippen LogP contribution is -2.22. The van der Waals surface area contributed by atoms with E-state index < -0.39 is 0 Å². The number of fused-ring (bicyclic) bond motifs is 1. The van der Waals surface area contributed by atoms with Gasteiger partial charge in [-0.1, -0.05) is 66.7 Å². The van der Waals surface area contributed by atoms with Crippen molar-refractivity contribution in [2.45, 2.75) is 19.5 Å². The highest BCUT2D eigenvalue weighted by Crippen LogP contribution is 2.22. The molecule has 4 aromatic rings. The molecule has 0 bridgehead atoms. The number of nitrogens with one attached hydrogen (secondary N) is 1. The van der Waals surface area contributed by atoms with Crippen LogP contribution in [0.3, 0.4) is 0 Å². The summed E-state index contributed by atoms with van der Waals surface area (Å²) in [5, 5.41) is 3.67. The molecule has 25 heavy (non-hydrogen) atoms. The van der Waals surface area contributed by atoms with Crippen molar-refractivity contribution in [3.8, 4) is 0 Å². The lowest BCUT2D eigenvalue weighted by Gasteiger charge is -2.19. The van der Waals surface area contributed by atoms with Crippen LogP contribution in [-0.4, -0.2) is 9.38 Å². The van der Waals surface area contributed by atoms with Gasteiger partial charge in [0.1, 0.15) is 5.65 Å². The molecule has 1 N–H and O–H groups in total. The van der Waals surface area contributed by atoms with Crippen molar-refractivity contribution < 1.29 is 0 Å². The zero-order valence-electron chi connectivity index (χ0n) is 14.3. The van der Waals surface area contributed by atoms with Crippen molar-refractivity contribution in [1.29, 1.82) is 0 Å². The molecule has 2 aromatic heterocycles. The first kappa shape index (κ1) is 15.6. The van der Waals surface area contributed by atoms with Crippen LogP contribution in [0.25, 0.3) is 5.65 Å². The van der Waals surface area contributed by atoms with Crippen LogP contribution in [0.1, 0.15) is 28.4 Å². The van der Waals surface area contributed by atoms with E-state index in [4.69, 9.17) is 4.98 Å². The van der Waals surface area contributed by atoms with E-state index in [0.717, 1.165) is 17.9 Å². The summed E-state index contributed by atoms with van der Waals surface area (Å²) in [6, 6.07) is 25.4. The third-order valence-corrected chi connectivity index (χ3v) is 4.40. The highest BCUT2D eigenvalue weighted by molar-refractivity contribution is 5.41. The maximum absolute atomic E-state index is 4.71. The molecule has 0 saturated heterocycles. The van der Waals surface area contributed by atoms with Crippen LogP contribution in [0, 0.1) is 6.92 Å². The number of nitrogens with zero attached hydrogens (tertiary/aromatic N) is 2. The third-order valence-electron chi connectivity index (χ3n) is 4.40. The summed E-state index contributed by atoms with van der Waals surface area (Å²) < 4.78 is 2.09. The van der Waals surface area contributed by atoms with E-state index in [1.807, 2.05) is 0 Å².